The van der Waals surface area contributed by atoms with Crippen LogP contribution in [0.4, 0.5) is 9.59 Å². The summed E-state index contributed by atoms with van der Waals surface area (Å²) in [7, 11) is 1.63. The van der Waals surface area contributed by atoms with Gasteiger partial charge >= 0.3 is 12.1 Å². The predicted molar refractivity (Wildman–Crippen MR) is 133 cm³/mol. The van der Waals surface area contributed by atoms with Gasteiger partial charge in [0.1, 0.15) is 17.2 Å². The minimum Gasteiger partial charge on any atom is -0.497 e. The van der Waals surface area contributed by atoms with Crippen molar-refractivity contribution in [2.75, 3.05) is 33.3 Å². The molecule has 2 N–H and O–H groups in total. The van der Waals surface area contributed by atoms with Gasteiger partial charge in [-0.1, -0.05) is 24.3 Å². The molecule has 2 aromatic carbocycles. The van der Waals surface area contributed by atoms with Gasteiger partial charge in [-0.25, -0.2) is 14.6 Å². The van der Waals surface area contributed by atoms with Crippen molar-refractivity contribution >= 4 is 23.2 Å². The number of ether oxygens (including phenoxy) is 2. The summed E-state index contributed by atoms with van der Waals surface area (Å²) in [5, 5.41) is 3.15. The summed E-state index contributed by atoms with van der Waals surface area (Å²) >= 11 is 0. The Morgan fingerprint density at radius 1 is 1.03 bits per heavy atom. The minimum absolute atomic E-state index is 0.187. The number of hydrogen-bond acceptors (Lipinski definition) is 5. The van der Waals surface area contributed by atoms with E-state index in [0.29, 0.717) is 38.4 Å². The number of aromatic nitrogens is 2. The van der Waals surface area contributed by atoms with Gasteiger partial charge in [-0.15, -0.1) is 0 Å². The average Bonchev–Trinajstić information content (AvgIpc) is 3.27. The van der Waals surface area contributed by atoms with Crippen LogP contribution in [0.25, 0.3) is 11.0 Å². The van der Waals surface area contributed by atoms with Gasteiger partial charge in [-0.05, 0) is 57.0 Å². The Balaban J connectivity index is 1.45. The molecule has 3 aromatic rings. The number of H-pyrrole nitrogens is 1. The molecule has 0 saturated carbocycles. The highest BCUT2D eigenvalue weighted by atomic mass is 16.6. The van der Waals surface area contributed by atoms with Crippen molar-refractivity contribution in [1.29, 1.82) is 0 Å². The number of benzene rings is 2. The number of amides is 3. The Morgan fingerprint density at radius 3 is 2.31 bits per heavy atom. The number of rotatable bonds is 5. The first-order valence-corrected chi connectivity index (χ1v) is 11.8. The fourth-order valence-electron chi connectivity index (χ4n) is 4.01. The molecule has 2 heterocycles. The molecule has 35 heavy (non-hydrogen) atoms. The number of fused-ring (bicyclic) bond motifs is 1. The molecule has 1 aliphatic heterocycles. The highest BCUT2D eigenvalue weighted by molar-refractivity contribution is 5.77. The Bertz CT molecular complexity index is 1130. The van der Waals surface area contributed by atoms with Crippen LogP contribution in [0.15, 0.2) is 48.5 Å². The lowest BCUT2D eigenvalue weighted by Gasteiger charge is -2.36. The highest BCUT2D eigenvalue weighted by Gasteiger charge is 2.29. The number of para-hydroxylation sites is 2. The van der Waals surface area contributed by atoms with E-state index in [1.165, 1.54) is 0 Å². The first-order valence-electron chi connectivity index (χ1n) is 11.8. The van der Waals surface area contributed by atoms with E-state index in [1.54, 1.807) is 16.9 Å². The number of hydrogen-bond donors (Lipinski definition) is 2. The lowest BCUT2D eigenvalue weighted by atomic mass is 10.1. The maximum atomic E-state index is 13.2. The van der Waals surface area contributed by atoms with Crippen LogP contribution in [0.2, 0.25) is 0 Å². The lowest BCUT2D eigenvalue weighted by molar-refractivity contribution is 0.0169. The molecular formula is C26H33N5O4. The summed E-state index contributed by atoms with van der Waals surface area (Å²) < 4.78 is 10.7. The molecule has 1 fully saturated rings. The fourth-order valence-corrected chi connectivity index (χ4v) is 4.01. The summed E-state index contributed by atoms with van der Waals surface area (Å²) in [4.78, 5) is 37.0. The van der Waals surface area contributed by atoms with E-state index >= 15 is 0 Å². The third-order valence-electron chi connectivity index (χ3n) is 5.85. The second-order valence-electron chi connectivity index (χ2n) is 9.65. The quantitative estimate of drug-likeness (QED) is 0.574. The molecule has 1 atom stereocenters. The van der Waals surface area contributed by atoms with E-state index in [1.807, 2.05) is 69.3 Å². The van der Waals surface area contributed by atoms with E-state index in [2.05, 4.69) is 10.3 Å². The second-order valence-corrected chi connectivity index (χ2v) is 9.65. The monoisotopic (exact) mass is 479 g/mol. The van der Waals surface area contributed by atoms with Crippen LogP contribution < -0.4 is 10.1 Å². The largest absolute Gasteiger partial charge is 0.497 e. The minimum atomic E-state index is -0.549. The molecule has 4 rings (SSSR count). The van der Waals surface area contributed by atoms with Crippen molar-refractivity contribution in [2.45, 2.75) is 38.8 Å². The normalized spacial score (nSPS) is 15.1. The molecule has 1 aromatic heterocycles. The molecule has 9 heteroatoms. The third-order valence-corrected chi connectivity index (χ3v) is 5.85. The van der Waals surface area contributed by atoms with Crippen LogP contribution in [0.5, 0.6) is 5.75 Å². The van der Waals surface area contributed by atoms with Gasteiger partial charge in [-0.3, -0.25) is 0 Å². The maximum Gasteiger partial charge on any atom is 0.410 e. The van der Waals surface area contributed by atoms with Crippen LogP contribution in [0.3, 0.4) is 0 Å². The number of nitrogens with zero attached hydrogens (tertiary/aromatic N) is 3. The number of carbonyl (C=O) groups is 2. The van der Waals surface area contributed by atoms with Crippen LogP contribution in [0.1, 0.15) is 38.2 Å². The number of imidazole rings is 1. The zero-order valence-corrected chi connectivity index (χ0v) is 20.7. The Kier molecular flexibility index (Phi) is 7.14. The first kappa shape index (κ1) is 24.4. The average molecular weight is 480 g/mol. The summed E-state index contributed by atoms with van der Waals surface area (Å²) in [6.45, 7) is 7.24. The Morgan fingerprint density at radius 2 is 1.69 bits per heavy atom. The smallest absolute Gasteiger partial charge is 0.410 e. The van der Waals surface area contributed by atoms with Gasteiger partial charge in [-0.2, -0.15) is 0 Å². The van der Waals surface area contributed by atoms with Gasteiger partial charge < -0.3 is 29.6 Å². The van der Waals surface area contributed by atoms with Crippen molar-refractivity contribution in [2.24, 2.45) is 0 Å². The van der Waals surface area contributed by atoms with Gasteiger partial charge in [0.05, 0.1) is 24.2 Å². The van der Waals surface area contributed by atoms with E-state index in [-0.39, 0.29) is 18.2 Å². The predicted octanol–water partition coefficient (Wildman–Crippen LogP) is 4.12. The van der Waals surface area contributed by atoms with E-state index < -0.39 is 5.60 Å². The second kappa shape index (κ2) is 10.2. The first-order chi connectivity index (χ1) is 16.7. The van der Waals surface area contributed by atoms with Gasteiger partial charge in [0.2, 0.25) is 0 Å². The van der Waals surface area contributed by atoms with Crippen LogP contribution in [0, 0.1) is 0 Å². The molecule has 0 radical (unpaired) electrons. The van der Waals surface area contributed by atoms with E-state index in [9.17, 15) is 9.59 Å². The zero-order valence-electron chi connectivity index (χ0n) is 20.7. The van der Waals surface area contributed by atoms with Gasteiger partial charge in [0, 0.05) is 26.2 Å². The van der Waals surface area contributed by atoms with Crippen molar-refractivity contribution in [3.05, 3.63) is 59.9 Å². The molecule has 9 nitrogen and oxygen atoms in total. The topological polar surface area (TPSA) is 99.8 Å². The van der Waals surface area contributed by atoms with Crippen molar-refractivity contribution in [3.8, 4) is 5.75 Å². The molecule has 1 saturated heterocycles. The Labute approximate surface area is 205 Å². The lowest BCUT2D eigenvalue weighted by Crippen LogP contribution is -2.54. The number of piperazine rings is 1. The van der Waals surface area contributed by atoms with Crippen LogP contribution in [-0.2, 0) is 11.2 Å². The van der Waals surface area contributed by atoms with Gasteiger partial charge in [0.25, 0.3) is 0 Å². The number of urea groups is 1. The molecule has 1 aliphatic rings. The number of methoxy groups -OCH3 is 1. The fraction of sp³-hybridized carbons (Fsp3) is 0.423. The Hall–Kier alpha value is -3.75. The summed E-state index contributed by atoms with van der Waals surface area (Å²) in [5.74, 6) is 1.48. The number of nitrogens with one attached hydrogen (secondary N) is 2. The molecule has 0 spiro atoms. The summed E-state index contributed by atoms with van der Waals surface area (Å²) in [6.07, 6.45) is 0.213. The maximum absolute atomic E-state index is 13.2. The number of aromatic amines is 1. The van der Waals surface area contributed by atoms with Crippen LogP contribution in [-0.4, -0.2) is 70.8 Å². The van der Waals surface area contributed by atoms with Crippen LogP contribution >= 0.6 is 0 Å². The summed E-state index contributed by atoms with van der Waals surface area (Å²) in [5.41, 5.74) is 2.27. The van der Waals surface area contributed by atoms with Crippen molar-refractivity contribution in [1.82, 2.24) is 25.1 Å². The molecule has 3 amide bonds. The standard InChI is InChI=1S/C26H33N5O4/c1-26(2,3)35-25(33)31-15-13-30(14-16-31)24(32)29-22(17-18-9-11-19(34-4)12-10-18)23-27-20-7-5-6-8-21(20)28-23/h5-12,22H,13-17H2,1-4H3,(H,27,28)(H,29,32)/t22-/m1/s1. The molecule has 186 valence electrons. The molecule has 0 unspecified atom stereocenters. The number of carbonyl (C=O) groups excluding carboxylic acids is 2. The van der Waals surface area contributed by atoms with E-state index in [0.717, 1.165) is 22.3 Å². The van der Waals surface area contributed by atoms with Gasteiger partial charge in [0.15, 0.2) is 0 Å². The SMILES string of the molecule is COc1ccc(C[C@@H](NC(=O)N2CCN(C(=O)OC(C)(C)C)CC2)c2nc3ccccc3[nH]2)cc1. The summed E-state index contributed by atoms with van der Waals surface area (Å²) in [6, 6.07) is 15.0. The zero-order chi connectivity index (χ0) is 25.0. The van der Waals surface area contributed by atoms with Crippen molar-refractivity contribution < 1.29 is 19.1 Å². The van der Waals surface area contributed by atoms with E-state index in [4.69, 9.17) is 14.5 Å². The third kappa shape index (κ3) is 6.23. The molecule has 0 aliphatic carbocycles. The molecular weight excluding hydrogens is 446 g/mol. The molecule has 0 bridgehead atoms. The van der Waals surface area contributed by atoms with Crippen molar-refractivity contribution in [3.63, 3.8) is 0 Å². The highest BCUT2D eigenvalue weighted by Crippen LogP contribution is 2.22.